The van der Waals surface area contributed by atoms with E-state index in [4.69, 9.17) is 5.73 Å². The molecule has 2 fully saturated rings. The molecule has 0 bridgehead atoms. The molecule has 1 aliphatic carbocycles. The Bertz CT molecular complexity index is 189. The molecule has 2 nitrogen and oxygen atoms in total. The van der Waals surface area contributed by atoms with E-state index in [1.165, 1.54) is 64.5 Å². The Hall–Kier alpha value is -0.0800. The van der Waals surface area contributed by atoms with Crippen LogP contribution in [0.4, 0.5) is 0 Å². The second-order valence-electron chi connectivity index (χ2n) is 5.85. The van der Waals surface area contributed by atoms with Crippen LogP contribution in [0.5, 0.6) is 0 Å². The van der Waals surface area contributed by atoms with Crippen LogP contribution in [0, 0.1) is 5.92 Å². The topological polar surface area (TPSA) is 29.3 Å². The minimum absolute atomic E-state index is 0.176. The van der Waals surface area contributed by atoms with Crippen molar-refractivity contribution in [3.8, 4) is 0 Å². The maximum atomic E-state index is 6.47. The summed E-state index contributed by atoms with van der Waals surface area (Å²) in [6.45, 7) is 2.39. The van der Waals surface area contributed by atoms with Gasteiger partial charge in [-0.15, -0.1) is 0 Å². The van der Waals surface area contributed by atoms with Crippen LogP contribution in [-0.4, -0.2) is 30.6 Å². The van der Waals surface area contributed by atoms with E-state index in [2.05, 4.69) is 11.9 Å². The van der Waals surface area contributed by atoms with Gasteiger partial charge < -0.3 is 10.6 Å². The number of nitrogens with zero attached hydrogens (tertiary/aromatic N) is 1. The fourth-order valence-electron chi connectivity index (χ4n) is 3.10. The number of hydrogen-bond donors (Lipinski definition) is 1. The molecule has 0 radical (unpaired) electrons. The Morgan fingerprint density at radius 1 is 1.20 bits per heavy atom. The lowest BCUT2D eigenvalue weighted by Crippen LogP contribution is -2.49. The van der Waals surface area contributed by atoms with Crippen molar-refractivity contribution in [2.75, 3.05) is 20.1 Å². The van der Waals surface area contributed by atoms with Gasteiger partial charge in [-0.3, -0.25) is 0 Å². The van der Waals surface area contributed by atoms with E-state index in [-0.39, 0.29) is 5.54 Å². The molecule has 2 rings (SSSR count). The zero-order valence-electron chi connectivity index (χ0n) is 10.2. The van der Waals surface area contributed by atoms with E-state index in [1.54, 1.807) is 0 Å². The molecular formula is C13H26N2. The largest absolute Gasteiger partial charge is 0.325 e. The predicted octanol–water partition coefficient (Wildman–Crippen LogP) is 2.38. The van der Waals surface area contributed by atoms with Crippen LogP contribution >= 0.6 is 0 Å². The summed E-state index contributed by atoms with van der Waals surface area (Å²) in [4.78, 5) is 2.40. The normalized spacial score (nSPS) is 28.4. The molecule has 0 atom stereocenters. The third-order valence-electron chi connectivity index (χ3n) is 4.51. The zero-order valence-corrected chi connectivity index (χ0v) is 10.2. The Morgan fingerprint density at radius 3 is 2.40 bits per heavy atom. The molecule has 2 heteroatoms. The molecule has 2 aliphatic rings. The first-order valence-corrected chi connectivity index (χ1v) is 6.65. The van der Waals surface area contributed by atoms with Crippen LogP contribution in [0.15, 0.2) is 0 Å². The molecule has 0 aromatic heterocycles. The monoisotopic (exact) mass is 210 g/mol. The van der Waals surface area contributed by atoms with Crippen LogP contribution in [0.2, 0.25) is 0 Å². The maximum absolute atomic E-state index is 6.47. The van der Waals surface area contributed by atoms with Crippen LogP contribution in [0.25, 0.3) is 0 Å². The van der Waals surface area contributed by atoms with Crippen LogP contribution in [0.3, 0.4) is 0 Å². The maximum Gasteiger partial charge on any atom is 0.0178 e. The Labute approximate surface area is 94.2 Å². The van der Waals surface area contributed by atoms with Gasteiger partial charge in [0.05, 0.1) is 0 Å². The summed E-state index contributed by atoms with van der Waals surface area (Å²) in [6, 6.07) is 0. The lowest BCUT2D eigenvalue weighted by atomic mass is 9.82. The molecule has 0 amide bonds. The van der Waals surface area contributed by atoms with Gasteiger partial charge in [0.1, 0.15) is 0 Å². The fraction of sp³-hybridized carbons (Fsp3) is 1.00. The first-order valence-electron chi connectivity index (χ1n) is 6.65. The molecular weight excluding hydrogens is 184 g/mol. The predicted molar refractivity (Wildman–Crippen MR) is 64.8 cm³/mol. The molecule has 1 aliphatic heterocycles. The summed E-state index contributed by atoms with van der Waals surface area (Å²) >= 11 is 0. The molecule has 15 heavy (non-hydrogen) atoms. The number of nitrogens with two attached hydrogens (primary N) is 1. The zero-order chi connectivity index (χ0) is 10.7. The van der Waals surface area contributed by atoms with Crippen LogP contribution in [0.1, 0.15) is 51.4 Å². The molecule has 0 spiro atoms. The van der Waals surface area contributed by atoms with Gasteiger partial charge in [-0.25, -0.2) is 0 Å². The van der Waals surface area contributed by atoms with Gasteiger partial charge in [-0.05, 0) is 51.7 Å². The SMILES string of the molecule is CN1CCC(N)(CCC2CCCC2)CC1. The molecule has 2 N–H and O–H groups in total. The standard InChI is InChI=1S/C13H26N2/c1-15-10-8-13(14,9-11-15)7-6-12-4-2-3-5-12/h12H,2-11,14H2,1H3. The van der Waals surface area contributed by atoms with Crippen molar-refractivity contribution in [1.29, 1.82) is 0 Å². The average molecular weight is 210 g/mol. The molecule has 0 unspecified atom stereocenters. The smallest absolute Gasteiger partial charge is 0.0178 e. The molecule has 88 valence electrons. The highest BCUT2D eigenvalue weighted by Crippen LogP contribution is 2.32. The number of likely N-dealkylation sites (tertiary alicyclic amines) is 1. The minimum Gasteiger partial charge on any atom is -0.325 e. The first kappa shape index (κ1) is 11.4. The number of piperidine rings is 1. The van der Waals surface area contributed by atoms with E-state index in [9.17, 15) is 0 Å². The van der Waals surface area contributed by atoms with Gasteiger partial charge in [0.25, 0.3) is 0 Å². The third kappa shape index (κ3) is 3.18. The van der Waals surface area contributed by atoms with Gasteiger partial charge in [0, 0.05) is 5.54 Å². The van der Waals surface area contributed by atoms with Crippen molar-refractivity contribution in [3.63, 3.8) is 0 Å². The minimum atomic E-state index is 0.176. The van der Waals surface area contributed by atoms with Gasteiger partial charge >= 0.3 is 0 Å². The Morgan fingerprint density at radius 2 is 1.80 bits per heavy atom. The van der Waals surface area contributed by atoms with E-state index >= 15 is 0 Å². The first-order chi connectivity index (χ1) is 7.18. The van der Waals surface area contributed by atoms with Crippen LogP contribution < -0.4 is 5.73 Å². The van der Waals surface area contributed by atoms with E-state index in [0.29, 0.717) is 0 Å². The molecule has 1 saturated carbocycles. The van der Waals surface area contributed by atoms with Crippen molar-refractivity contribution in [2.45, 2.75) is 56.9 Å². The number of rotatable bonds is 3. The van der Waals surface area contributed by atoms with Gasteiger partial charge in [0.2, 0.25) is 0 Å². The van der Waals surface area contributed by atoms with Crippen molar-refractivity contribution in [2.24, 2.45) is 11.7 Å². The highest BCUT2D eigenvalue weighted by Gasteiger charge is 2.30. The molecule has 0 aromatic rings. The highest BCUT2D eigenvalue weighted by atomic mass is 15.1. The van der Waals surface area contributed by atoms with E-state index in [0.717, 1.165) is 5.92 Å². The van der Waals surface area contributed by atoms with Gasteiger partial charge in [-0.1, -0.05) is 25.7 Å². The molecule has 0 aromatic carbocycles. The lowest BCUT2D eigenvalue weighted by Gasteiger charge is -2.38. The Balaban J connectivity index is 1.72. The summed E-state index contributed by atoms with van der Waals surface area (Å²) < 4.78 is 0. The second kappa shape index (κ2) is 4.84. The highest BCUT2D eigenvalue weighted by molar-refractivity contribution is 4.90. The summed E-state index contributed by atoms with van der Waals surface area (Å²) in [5.41, 5.74) is 6.65. The van der Waals surface area contributed by atoms with Crippen LogP contribution in [-0.2, 0) is 0 Å². The van der Waals surface area contributed by atoms with E-state index < -0.39 is 0 Å². The van der Waals surface area contributed by atoms with Gasteiger partial charge in [0.15, 0.2) is 0 Å². The van der Waals surface area contributed by atoms with E-state index in [1.807, 2.05) is 0 Å². The molecule has 1 saturated heterocycles. The summed E-state index contributed by atoms with van der Waals surface area (Å²) in [7, 11) is 2.20. The van der Waals surface area contributed by atoms with Crippen molar-refractivity contribution in [3.05, 3.63) is 0 Å². The van der Waals surface area contributed by atoms with Crippen molar-refractivity contribution >= 4 is 0 Å². The second-order valence-corrected chi connectivity index (χ2v) is 5.85. The van der Waals surface area contributed by atoms with Gasteiger partial charge in [-0.2, -0.15) is 0 Å². The third-order valence-corrected chi connectivity index (χ3v) is 4.51. The lowest BCUT2D eigenvalue weighted by molar-refractivity contribution is 0.174. The molecule has 1 heterocycles. The number of hydrogen-bond acceptors (Lipinski definition) is 2. The fourth-order valence-corrected chi connectivity index (χ4v) is 3.10. The van der Waals surface area contributed by atoms with Crippen molar-refractivity contribution < 1.29 is 0 Å². The average Bonchev–Trinajstić information content (AvgIpc) is 2.73. The van der Waals surface area contributed by atoms with Crippen molar-refractivity contribution in [1.82, 2.24) is 4.90 Å². The summed E-state index contributed by atoms with van der Waals surface area (Å²) in [5.74, 6) is 1.00. The summed E-state index contributed by atoms with van der Waals surface area (Å²) in [6.07, 6.45) is 10.9. The Kier molecular flexibility index (Phi) is 3.68. The summed E-state index contributed by atoms with van der Waals surface area (Å²) in [5, 5.41) is 0. The quantitative estimate of drug-likeness (QED) is 0.775.